The van der Waals surface area contributed by atoms with Crippen molar-refractivity contribution in [3.05, 3.63) is 47.3 Å². The Balaban J connectivity index is -0.000000157. The molecule has 0 unspecified atom stereocenters. The molecule has 256 valence electrons. The van der Waals surface area contributed by atoms with E-state index >= 15 is 0 Å². The summed E-state index contributed by atoms with van der Waals surface area (Å²) in [5.74, 6) is -4.72. The third kappa shape index (κ3) is 45.5. The number of ether oxygens (including phenoxy) is 4. The number of hydrogen-bond acceptors (Lipinski definition) is 12. The molecule has 0 aromatic rings. The first-order chi connectivity index (χ1) is 20.7. The van der Waals surface area contributed by atoms with E-state index < -0.39 is 23.9 Å². The number of carboxylic acids is 4. The van der Waals surface area contributed by atoms with E-state index in [4.69, 9.17) is 18.9 Å². The van der Waals surface area contributed by atoms with Gasteiger partial charge in [0.25, 0.3) is 0 Å². The van der Waals surface area contributed by atoms with Crippen LogP contribution < -0.4 is 20.4 Å². The smallest absolute Gasteiger partial charge is 0.545 e. The molecule has 45 heavy (non-hydrogen) atoms. The quantitative estimate of drug-likeness (QED) is 0.101. The van der Waals surface area contributed by atoms with E-state index in [1.807, 2.05) is 27.7 Å². The first kappa shape index (κ1) is 51.5. The number of aliphatic carboxylic acids is 4. The van der Waals surface area contributed by atoms with Crippen molar-refractivity contribution in [3.8, 4) is 0 Å². The molecule has 0 fully saturated rings. The third-order valence-corrected chi connectivity index (χ3v) is 4.79. The predicted octanol–water partition coefficient (Wildman–Crippen LogP) is 1.82. The molecule has 0 aromatic carbocycles. The second-order valence-electron chi connectivity index (χ2n) is 9.25. The Morgan fingerprint density at radius 1 is 0.422 bits per heavy atom. The van der Waals surface area contributed by atoms with Crippen molar-refractivity contribution in [2.45, 2.75) is 107 Å². The summed E-state index contributed by atoms with van der Waals surface area (Å²) >= 11 is 0. The van der Waals surface area contributed by atoms with Gasteiger partial charge in [-0.3, -0.25) is 0 Å². The maximum Gasteiger partial charge on any atom is 4.00 e. The third-order valence-electron chi connectivity index (χ3n) is 4.79. The molecule has 0 aliphatic rings. The number of rotatable bonds is 20. The van der Waals surface area contributed by atoms with Gasteiger partial charge in [0.2, 0.25) is 0 Å². The van der Waals surface area contributed by atoms with Crippen LogP contribution in [-0.4, -0.2) is 50.3 Å². The molecule has 0 bridgehead atoms. The topological polar surface area (TPSA) is 197 Å². The zero-order valence-corrected chi connectivity index (χ0v) is 30.7. The Labute approximate surface area is 288 Å². The van der Waals surface area contributed by atoms with Gasteiger partial charge in [-0.25, -0.2) is 0 Å². The second-order valence-corrected chi connectivity index (χ2v) is 9.25. The zero-order valence-electron chi connectivity index (χ0n) is 28.2. The van der Waals surface area contributed by atoms with Crippen molar-refractivity contribution in [1.82, 2.24) is 0 Å². The van der Waals surface area contributed by atoms with Crippen molar-refractivity contribution in [3.63, 3.8) is 0 Å². The fourth-order valence-corrected chi connectivity index (χ4v) is 1.84. The molecule has 0 atom stereocenters. The second kappa shape index (κ2) is 38.9. The molecule has 13 heteroatoms. The Kier molecular flexibility index (Phi) is 44.6. The van der Waals surface area contributed by atoms with Crippen LogP contribution >= 0.6 is 0 Å². The predicted molar refractivity (Wildman–Crippen MR) is 158 cm³/mol. The Hall–Kier alpha value is -3.08. The van der Waals surface area contributed by atoms with Crippen LogP contribution in [0.25, 0.3) is 0 Å². The van der Waals surface area contributed by atoms with Crippen molar-refractivity contribution in [1.29, 1.82) is 0 Å². The fraction of sp³-hybridized carbons (Fsp3) is 0.625. The van der Waals surface area contributed by atoms with E-state index in [0.717, 1.165) is 51.4 Å². The van der Waals surface area contributed by atoms with Crippen molar-refractivity contribution >= 4 is 23.9 Å². The average molecular weight is 720 g/mol. The summed E-state index contributed by atoms with van der Waals surface area (Å²) in [5, 5.41) is 40.4. The maximum absolute atomic E-state index is 10.1. The van der Waals surface area contributed by atoms with Crippen LogP contribution in [0, 0.1) is 0 Å². The Morgan fingerprint density at radius 3 is 0.689 bits per heavy atom. The summed E-state index contributed by atoms with van der Waals surface area (Å²) in [6.07, 6.45) is 12.8. The van der Waals surface area contributed by atoms with E-state index in [-0.39, 0.29) is 48.5 Å². The van der Waals surface area contributed by atoms with Crippen LogP contribution in [0.4, 0.5) is 0 Å². The minimum atomic E-state index is -1.18. The van der Waals surface area contributed by atoms with Crippen LogP contribution in [-0.2, 0) is 64.3 Å². The molecule has 0 radical (unpaired) electrons. The largest absolute Gasteiger partial charge is 4.00 e. The van der Waals surface area contributed by atoms with Gasteiger partial charge in [0, 0.05) is 22.3 Å². The van der Waals surface area contributed by atoms with Crippen molar-refractivity contribution < 1.29 is 84.8 Å². The molecule has 0 aliphatic carbocycles. The molecular weight excluding hydrogens is 668 g/mol. The maximum atomic E-state index is 10.1. The molecule has 12 nitrogen and oxygen atoms in total. The molecule has 0 rings (SSSR count). The van der Waals surface area contributed by atoms with Gasteiger partial charge in [0.15, 0.2) is 0 Å². The van der Waals surface area contributed by atoms with E-state index in [9.17, 15) is 39.6 Å². The number of carbonyl (C=O) groups excluding carboxylic acids is 4. The normalized spacial score (nSPS) is 11.0. The number of carboxylic acid groups (broad SMARTS) is 4. The van der Waals surface area contributed by atoms with Crippen molar-refractivity contribution in [2.75, 3.05) is 26.4 Å². The number of carbonyl (C=O) groups is 4. The van der Waals surface area contributed by atoms with Crippen LogP contribution in [0.3, 0.4) is 0 Å². The number of unbranched alkanes of at least 4 members (excludes halogenated alkanes) is 4. The molecule has 0 aromatic heterocycles. The molecule has 0 heterocycles. The molecule has 0 aliphatic heterocycles. The first-order valence-corrected chi connectivity index (χ1v) is 14.7. The fourth-order valence-electron chi connectivity index (χ4n) is 1.84. The molecule has 0 N–H and O–H groups in total. The van der Waals surface area contributed by atoms with Gasteiger partial charge in [-0.1, -0.05) is 53.4 Å². The molecule has 0 saturated heterocycles. The summed E-state index contributed by atoms with van der Waals surface area (Å²) < 4.78 is 19.7. The minimum absolute atomic E-state index is 0. The molecule has 0 spiro atoms. The minimum Gasteiger partial charge on any atom is -0.545 e. The molecule has 0 saturated carbocycles. The van der Waals surface area contributed by atoms with Gasteiger partial charge in [0.1, 0.15) is 0 Å². The molecular formula is C32H52O12Zr. The Bertz CT molecular complexity index is 749. The van der Waals surface area contributed by atoms with E-state index in [2.05, 4.69) is 0 Å². The van der Waals surface area contributed by atoms with Crippen LogP contribution in [0.2, 0.25) is 0 Å². The average Bonchev–Trinajstić information content (AvgIpc) is 2.98. The molecule has 0 amide bonds. The van der Waals surface area contributed by atoms with Crippen LogP contribution in [0.1, 0.15) is 107 Å². The summed E-state index contributed by atoms with van der Waals surface area (Å²) in [6, 6.07) is 0. The van der Waals surface area contributed by atoms with Gasteiger partial charge >= 0.3 is 26.2 Å². The standard InChI is InChI=1S/4C8H14O3.Zr/c4*1-3-4-5-11-6-7(2)8(9)10;/h4*6H,3-5H2,1-2H3,(H,9,10);/q;;;;+4/p-4. The summed E-state index contributed by atoms with van der Waals surface area (Å²) in [5.41, 5.74) is 0.504. The van der Waals surface area contributed by atoms with Crippen molar-refractivity contribution in [2.24, 2.45) is 0 Å². The Morgan fingerprint density at radius 2 is 0.578 bits per heavy atom. The van der Waals surface area contributed by atoms with Gasteiger partial charge in [-0.05, 0) is 53.4 Å². The zero-order chi connectivity index (χ0) is 34.8. The van der Waals surface area contributed by atoms with Crippen LogP contribution in [0.15, 0.2) is 47.3 Å². The van der Waals surface area contributed by atoms with Crippen LogP contribution in [0.5, 0.6) is 0 Å². The van der Waals surface area contributed by atoms with E-state index in [1.165, 1.54) is 52.7 Å². The summed E-state index contributed by atoms with van der Waals surface area (Å²) in [7, 11) is 0. The van der Waals surface area contributed by atoms with Gasteiger partial charge in [-0.2, -0.15) is 0 Å². The first-order valence-electron chi connectivity index (χ1n) is 14.7. The van der Waals surface area contributed by atoms with E-state index in [0.29, 0.717) is 26.4 Å². The van der Waals surface area contributed by atoms with Gasteiger partial charge < -0.3 is 58.6 Å². The van der Waals surface area contributed by atoms with Gasteiger partial charge in [0.05, 0.1) is 75.4 Å². The summed E-state index contributed by atoms with van der Waals surface area (Å²) in [4.78, 5) is 40.4. The van der Waals surface area contributed by atoms with Gasteiger partial charge in [-0.15, -0.1) is 0 Å². The number of hydrogen-bond donors (Lipinski definition) is 0. The summed E-state index contributed by atoms with van der Waals surface area (Å²) in [6.45, 7) is 16.2. The SMILES string of the molecule is CCCCOC=C(C)C(=O)[O-].CCCCOC=C(C)C(=O)[O-].CCCCOC=C(C)C(=O)[O-].CCCCOC=C(C)C(=O)[O-].[Zr+4]. The van der Waals surface area contributed by atoms with E-state index in [1.54, 1.807) is 0 Å². The monoisotopic (exact) mass is 718 g/mol.